The SMILES string of the molecule is O=CN=C1CNC[C@H]1CF. The summed E-state index contributed by atoms with van der Waals surface area (Å²) in [4.78, 5) is 13.4. The molecule has 1 aliphatic heterocycles. The van der Waals surface area contributed by atoms with Gasteiger partial charge in [-0.15, -0.1) is 0 Å². The molecule has 10 heavy (non-hydrogen) atoms. The van der Waals surface area contributed by atoms with E-state index in [1.807, 2.05) is 0 Å². The standard InChI is InChI=1S/C6H9FN2O/c7-1-5-2-8-3-6(5)9-4-10/h4-5,8H,1-3H2/t5-/m1/s1. The molecule has 1 fully saturated rings. The number of rotatable bonds is 2. The molecule has 0 unspecified atom stereocenters. The Bertz CT molecular complexity index is 158. The van der Waals surface area contributed by atoms with Gasteiger partial charge in [0.15, 0.2) is 0 Å². The van der Waals surface area contributed by atoms with Crippen LogP contribution in [-0.4, -0.2) is 31.9 Å². The van der Waals surface area contributed by atoms with Gasteiger partial charge in [0, 0.05) is 24.7 Å². The van der Waals surface area contributed by atoms with Gasteiger partial charge in [0.05, 0.1) is 6.67 Å². The first-order valence-electron chi connectivity index (χ1n) is 3.15. The van der Waals surface area contributed by atoms with Gasteiger partial charge < -0.3 is 5.32 Å². The summed E-state index contributed by atoms with van der Waals surface area (Å²) in [6.45, 7) is 0.718. The molecule has 0 aromatic rings. The number of carbonyl (C=O) groups is 1. The summed E-state index contributed by atoms with van der Waals surface area (Å²) in [6, 6.07) is 0. The molecular weight excluding hydrogens is 135 g/mol. The summed E-state index contributed by atoms with van der Waals surface area (Å²) >= 11 is 0. The lowest BCUT2D eigenvalue weighted by molar-refractivity contribution is -0.106. The van der Waals surface area contributed by atoms with Crippen molar-refractivity contribution in [2.45, 2.75) is 0 Å². The highest BCUT2D eigenvalue weighted by atomic mass is 19.1. The van der Waals surface area contributed by atoms with E-state index in [2.05, 4.69) is 10.3 Å². The first-order valence-corrected chi connectivity index (χ1v) is 3.15. The molecule has 3 nitrogen and oxygen atoms in total. The van der Waals surface area contributed by atoms with E-state index in [0.717, 1.165) is 0 Å². The van der Waals surface area contributed by atoms with E-state index in [0.29, 0.717) is 25.2 Å². The van der Waals surface area contributed by atoms with Gasteiger partial charge in [-0.05, 0) is 0 Å². The minimum Gasteiger partial charge on any atom is -0.311 e. The second-order valence-corrected chi connectivity index (χ2v) is 2.21. The number of hydrogen-bond donors (Lipinski definition) is 1. The summed E-state index contributed by atoms with van der Waals surface area (Å²) in [5.41, 5.74) is 0.637. The lowest BCUT2D eigenvalue weighted by atomic mass is 10.1. The maximum Gasteiger partial charge on any atom is 0.232 e. The van der Waals surface area contributed by atoms with E-state index in [4.69, 9.17) is 0 Å². The largest absolute Gasteiger partial charge is 0.311 e. The van der Waals surface area contributed by atoms with Crippen molar-refractivity contribution in [3.05, 3.63) is 0 Å². The highest BCUT2D eigenvalue weighted by Crippen LogP contribution is 2.04. The number of halogens is 1. The zero-order valence-electron chi connectivity index (χ0n) is 5.51. The fourth-order valence-corrected chi connectivity index (χ4v) is 0.999. The number of nitrogens with zero attached hydrogens (tertiary/aromatic N) is 1. The summed E-state index contributed by atoms with van der Waals surface area (Å²) in [7, 11) is 0. The van der Waals surface area contributed by atoms with Crippen LogP contribution in [0.2, 0.25) is 0 Å². The molecule has 1 atom stereocenters. The van der Waals surface area contributed by atoms with Gasteiger partial charge in [-0.3, -0.25) is 9.18 Å². The normalized spacial score (nSPS) is 29.3. The quantitative estimate of drug-likeness (QED) is 0.544. The number of amides is 1. The molecule has 1 rings (SSSR count). The molecule has 0 aromatic heterocycles. The van der Waals surface area contributed by atoms with Crippen LogP contribution < -0.4 is 5.32 Å². The van der Waals surface area contributed by atoms with Crippen molar-refractivity contribution < 1.29 is 9.18 Å². The van der Waals surface area contributed by atoms with E-state index in [-0.39, 0.29) is 5.92 Å². The lowest BCUT2D eigenvalue weighted by Crippen LogP contribution is -2.13. The molecule has 0 spiro atoms. The Labute approximate surface area is 58.3 Å². The van der Waals surface area contributed by atoms with E-state index >= 15 is 0 Å². The number of alkyl halides is 1. The molecule has 0 aromatic carbocycles. The molecule has 1 saturated heterocycles. The van der Waals surface area contributed by atoms with Crippen LogP contribution >= 0.6 is 0 Å². The third-order valence-electron chi connectivity index (χ3n) is 1.57. The highest BCUT2D eigenvalue weighted by Gasteiger charge is 2.21. The Balaban J connectivity index is 2.57. The van der Waals surface area contributed by atoms with Crippen molar-refractivity contribution >= 4 is 12.1 Å². The minimum atomic E-state index is -0.431. The van der Waals surface area contributed by atoms with Crippen molar-refractivity contribution in [1.29, 1.82) is 0 Å². The van der Waals surface area contributed by atoms with Gasteiger partial charge in [0.1, 0.15) is 0 Å². The summed E-state index contributed by atoms with van der Waals surface area (Å²) in [5.74, 6) is -0.176. The average molecular weight is 144 g/mol. The van der Waals surface area contributed by atoms with Crippen molar-refractivity contribution in [1.82, 2.24) is 5.32 Å². The molecule has 0 saturated carbocycles. The molecule has 0 aliphatic carbocycles. The molecule has 1 aliphatic rings. The van der Waals surface area contributed by atoms with Gasteiger partial charge in [-0.1, -0.05) is 0 Å². The average Bonchev–Trinajstić information content (AvgIpc) is 2.36. The van der Waals surface area contributed by atoms with Crippen LogP contribution in [0, 0.1) is 5.92 Å². The predicted molar refractivity (Wildman–Crippen MR) is 35.8 cm³/mol. The first kappa shape index (κ1) is 7.34. The van der Waals surface area contributed by atoms with Crippen LogP contribution in [0.5, 0.6) is 0 Å². The molecule has 56 valence electrons. The number of nitrogens with one attached hydrogen (secondary N) is 1. The molecule has 1 amide bonds. The zero-order chi connectivity index (χ0) is 7.40. The number of aliphatic imine (C=N–C) groups is 1. The predicted octanol–water partition coefficient (Wildman–Crippen LogP) is -0.227. The molecule has 0 bridgehead atoms. The summed E-state index contributed by atoms with van der Waals surface area (Å²) in [6.07, 6.45) is 0.463. The fraction of sp³-hybridized carbons (Fsp3) is 0.667. The highest BCUT2D eigenvalue weighted by molar-refractivity contribution is 5.94. The van der Waals surface area contributed by atoms with Crippen LogP contribution in [0.25, 0.3) is 0 Å². The monoisotopic (exact) mass is 144 g/mol. The van der Waals surface area contributed by atoms with Gasteiger partial charge in [-0.2, -0.15) is 0 Å². The Kier molecular flexibility index (Phi) is 2.50. The van der Waals surface area contributed by atoms with E-state index < -0.39 is 6.67 Å². The van der Waals surface area contributed by atoms with Crippen LogP contribution in [0.1, 0.15) is 0 Å². The lowest BCUT2D eigenvalue weighted by Gasteiger charge is -2.00. The van der Waals surface area contributed by atoms with Gasteiger partial charge in [-0.25, -0.2) is 4.99 Å². The molecule has 4 heteroatoms. The van der Waals surface area contributed by atoms with Crippen molar-refractivity contribution in [2.75, 3.05) is 19.8 Å². The number of carbonyl (C=O) groups excluding carboxylic acids is 1. The first-order chi connectivity index (χ1) is 4.88. The third kappa shape index (κ3) is 1.39. The van der Waals surface area contributed by atoms with E-state index in [1.165, 1.54) is 0 Å². The second-order valence-electron chi connectivity index (χ2n) is 2.21. The minimum absolute atomic E-state index is 0.176. The Morgan fingerprint density at radius 2 is 2.70 bits per heavy atom. The van der Waals surface area contributed by atoms with E-state index in [1.54, 1.807) is 0 Å². The van der Waals surface area contributed by atoms with Crippen LogP contribution in [0.4, 0.5) is 4.39 Å². The smallest absolute Gasteiger partial charge is 0.232 e. The van der Waals surface area contributed by atoms with Crippen molar-refractivity contribution in [3.63, 3.8) is 0 Å². The Morgan fingerprint density at radius 1 is 1.90 bits per heavy atom. The topological polar surface area (TPSA) is 41.5 Å². The maximum atomic E-state index is 12.0. The number of hydrogen-bond acceptors (Lipinski definition) is 2. The van der Waals surface area contributed by atoms with Gasteiger partial charge in [0.25, 0.3) is 0 Å². The molecule has 1 N–H and O–H groups in total. The third-order valence-corrected chi connectivity index (χ3v) is 1.57. The van der Waals surface area contributed by atoms with Gasteiger partial charge >= 0.3 is 0 Å². The Hall–Kier alpha value is -0.770. The van der Waals surface area contributed by atoms with Crippen LogP contribution in [0.3, 0.4) is 0 Å². The summed E-state index contributed by atoms with van der Waals surface area (Å²) in [5, 5.41) is 2.93. The zero-order valence-corrected chi connectivity index (χ0v) is 5.51. The molecule has 0 radical (unpaired) electrons. The fourth-order valence-electron chi connectivity index (χ4n) is 0.999. The summed E-state index contributed by atoms with van der Waals surface area (Å²) < 4.78 is 12.0. The second kappa shape index (κ2) is 3.41. The van der Waals surface area contributed by atoms with Gasteiger partial charge in [0.2, 0.25) is 6.41 Å². The van der Waals surface area contributed by atoms with Crippen molar-refractivity contribution in [2.24, 2.45) is 10.9 Å². The van der Waals surface area contributed by atoms with Crippen molar-refractivity contribution in [3.8, 4) is 0 Å². The van der Waals surface area contributed by atoms with E-state index in [9.17, 15) is 9.18 Å². The maximum absolute atomic E-state index is 12.0. The molecule has 1 heterocycles. The van der Waals surface area contributed by atoms with Crippen LogP contribution in [-0.2, 0) is 4.79 Å². The molecular formula is C6H9FN2O. The van der Waals surface area contributed by atoms with Crippen LogP contribution in [0.15, 0.2) is 4.99 Å². The Morgan fingerprint density at radius 3 is 3.30 bits per heavy atom.